The van der Waals surface area contributed by atoms with Crippen LogP contribution in [0.25, 0.3) is 0 Å². The number of carbonyl (C=O) groups is 4. The minimum absolute atomic E-state index is 0.0480. The fourth-order valence-corrected chi connectivity index (χ4v) is 3.51. The summed E-state index contributed by atoms with van der Waals surface area (Å²) in [7, 11) is 0. The van der Waals surface area contributed by atoms with Gasteiger partial charge in [0.15, 0.2) is 5.78 Å². The first-order chi connectivity index (χ1) is 16.2. The highest BCUT2D eigenvalue weighted by atomic mass is 35.5. The third-order valence-electron chi connectivity index (χ3n) is 5.18. The molecule has 0 atom stereocenters. The maximum atomic E-state index is 12.9. The van der Waals surface area contributed by atoms with Crippen molar-refractivity contribution in [2.45, 2.75) is 13.8 Å². The number of Topliss-reactive ketones (excluding diaryl/α,β-unsaturated/α-hetero) is 1. The number of imide groups is 1. The molecule has 0 unspecified atom stereocenters. The second kappa shape index (κ2) is 9.33. The Bertz CT molecular complexity index is 1330. The summed E-state index contributed by atoms with van der Waals surface area (Å²) < 4.78 is 5.32. The summed E-state index contributed by atoms with van der Waals surface area (Å²) in [6, 6.07) is 19.4. The molecule has 7 nitrogen and oxygen atoms in total. The SMILES string of the molecule is CC(=O)c1ccc(OC(=O)c2ccc(NC3=C(Cl)C(=O)N(c4ccc(C)cc4)C3=O)cc2)cc1. The van der Waals surface area contributed by atoms with E-state index >= 15 is 0 Å². The number of benzene rings is 3. The van der Waals surface area contributed by atoms with E-state index in [1.807, 2.05) is 6.92 Å². The number of ketones is 1. The molecular formula is C26H19ClN2O5. The van der Waals surface area contributed by atoms with Crippen LogP contribution in [0.4, 0.5) is 11.4 Å². The van der Waals surface area contributed by atoms with Gasteiger partial charge in [-0.25, -0.2) is 9.69 Å². The summed E-state index contributed by atoms with van der Waals surface area (Å²) in [5, 5.41) is 2.65. The standard InChI is InChI=1S/C26H19ClN2O5/c1-15-3-11-20(12-4-15)29-24(31)22(27)23(25(29)32)28-19-9-5-18(6-10-19)26(33)34-21-13-7-17(8-14-21)16(2)30/h3-14,28H,1-2H3. The maximum Gasteiger partial charge on any atom is 0.343 e. The minimum Gasteiger partial charge on any atom is -0.423 e. The van der Waals surface area contributed by atoms with E-state index in [9.17, 15) is 19.2 Å². The smallest absolute Gasteiger partial charge is 0.343 e. The van der Waals surface area contributed by atoms with Crippen LogP contribution in [0, 0.1) is 6.92 Å². The predicted molar refractivity (Wildman–Crippen MR) is 128 cm³/mol. The van der Waals surface area contributed by atoms with Crippen LogP contribution in [0.1, 0.15) is 33.2 Å². The molecule has 0 aromatic heterocycles. The molecule has 3 aromatic rings. The van der Waals surface area contributed by atoms with E-state index in [2.05, 4.69) is 5.32 Å². The van der Waals surface area contributed by atoms with Gasteiger partial charge in [-0.2, -0.15) is 0 Å². The number of nitrogens with one attached hydrogen (secondary N) is 1. The van der Waals surface area contributed by atoms with Crippen LogP contribution in [-0.2, 0) is 9.59 Å². The van der Waals surface area contributed by atoms with Crippen LogP contribution in [0.15, 0.2) is 83.5 Å². The number of hydrogen-bond donors (Lipinski definition) is 1. The second-order valence-corrected chi connectivity index (χ2v) is 8.02. The van der Waals surface area contributed by atoms with E-state index in [4.69, 9.17) is 16.3 Å². The minimum atomic E-state index is -0.617. The Kier molecular flexibility index (Phi) is 6.30. The summed E-state index contributed by atoms with van der Waals surface area (Å²) in [6.45, 7) is 3.36. The lowest BCUT2D eigenvalue weighted by Gasteiger charge is -2.15. The molecule has 1 aliphatic rings. The lowest BCUT2D eigenvalue weighted by Crippen LogP contribution is -2.32. The van der Waals surface area contributed by atoms with Crippen molar-refractivity contribution in [2.75, 3.05) is 10.2 Å². The topological polar surface area (TPSA) is 92.8 Å². The molecule has 0 saturated carbocycles. The zero-order valence-electron chi connectivity index (χ0n) is 18.3. The molecule has 0 aliphatic carbocycles. The van der Waals surface area contributed by atoms with E-state index < -0.39 is 17.8 Å². The highest BCUT2D eigenvalue weighted by Gasteiger charge is 2.38. The number of hydrogen-bond acceptors (Lipinski definition) is 6. The van der Waals surface area contributed by atoms with E-state index in [0.29, 0.717) is 22.7 Å². The van der Waals surface area contributed by atoms with Gasteiger partial charge in [0.05, 0.1) is 11.3 Å². The average molecular weight is 475 g/mol. The van der Waals surface area contributed by atoms with Gasteiger partial charge in [0.1, 0.15) is 16.5 Å². The number of aryl methyl sites for hydroxylation is 1. The summed E-state index contributed by atoms with van der Waals surface area (Å²) in [5.41, 5.74) is 2.62. The fraction of sp³-hybridized carbons (Fsp3) is 0.0769. The van der Waals surface area contributed by atoms with Crippen LogP contribution in [0.2, 0.25) is 0 Å². The fourth-order valence-electron chi connectivity index (χ4n) is 3.30. The Morgan fingerprint density at radius 2 is 1.41 bits per heavy atom. The molecule has 3 aromatic carbocycles. The summed E-state index contributed by atoms with van der Waals surface area (Å²) in [6.07, 6.45) is 0. The molecule has 0 spiro atoms. The zero-order chi connectivity index (χ0) is 24.4. The number of ether oxygens (including phenoxy) is 1. The number of rotatable bonds is 6. The van der Waals surface area contributed by atoms with Crippen LogP contribution < -0.4 is 15.0 Å². The third kappa shape index (κ3) is 4.60. The van der Waals surface area contributed by atoms with Gasteiger partial charge in [0.25, 0.3) is 11.8 Å². The molecule has 8 heteroatoms. The summed E-state index contributed by atoms with van der Waals surface area (Å²) in [4.78, 5) is 50.2. The highest BCUT2D eigenvalue weighted by molar-refractivity contribution is 6.53. The molecule has 170 valence electrons. The van der Waals surface area contributed by atoms with Gasteiger partial charge >= 0.3 is 5.97 Å². The number of anilines is 2. The molecular weight excluding hydrogens is 456 g/mol. The average Bonchev–Trinajstić information content (AvgIpc) is 3.03. The van der Waals surface area contributed by atoms with Crippen LogP contribution in [0.5, 0.6) is 5.75 Å². The lowest BCUT2D eigenvalue weighted by molar-refractivity contribution is -0.120. The van der Waals surface area contributed by atoms with Gasteiger partial charge in [-0.05, 0) is 74.5 Å². The maximum absolute atomic E-state index is 12.9. The van der Waals surface area contributed by atoms with Crippen molar-refractivity contribution in [1.29, 1.82) is 0 Å². The Morgan fingerprint density at radius 1 is 0.824 bits per heavy atom. The van der Waals surface area contributed by atoms with Crippen LogP contribution >= 0.6 is 11.6 Å². The van der Waals surface area contributed by atoms with Gasteiger partial charge in [-0.3, -0.25) is 14.4 Å². The largest absolute Gasteiger partial charge is 0.423 e. The van der Waals surface area contributed by atoms with Gasteiger partial charge in [0.2, 0.25) is 0 Å². The van der Waals surface area contributed by atoms with Crippen molar-refractivity contribution in [3.63, 3.8) is 0 Å². The predicted octanol–water partition coefficient (Wildman–Crippen LogP) is 4.85. The summed E-state index contributed by atoms with van der Waals surface area (Å²) >= 11 is 6.16. The van der Waals surface area contributed by atoms with Crippen molar-refractivity contribution in [3.8, 4) is 5.75 Å². The van der Waals surface area contributed by atoms with Crippen molar-refractivity contribution in [3.05, 3.63) is 100 Å². The van der Waals surface area contributed by atoms with E-state index in [1.165, 1.54) is 19.1 Å². The molecule has 4 rings (SSSR count). The molecule has 1 heterocycles. The van der Waals surface area contributed by atoms with Gasteiger partial charge in [-0.15, -0.1) is 0 Å². The van der Waals surface area contributed by atoms with E-state index in [-0.39, 0.29) is 22.1 Å². The second-order valence-electron chi connectivity index (χ2n) is 7.64. The number of carbonyl (C=O) groups excluding carboxylic acids is 4. The van der Waals surface area contributed by atoms with Gasteiger partial charge in [-0.1, -0.05) is 29.3 Å². The summed E-state index contributed by atoms with van der Waals surface area (Å²) in [5.74, 6) is -1.55. The van der Waals surface area contributed by atoms with Gasteiger partial charge in [0, 0.05) is 11.3 Å². The van der Waals surface area contributed by atoms with Crippen LogP contribution in [-0.4, -0.2) is 23.6 Å². The molecule has 1 N–H and O–H groups in total. The molecule has 34 heavy (non-hydrogen) atoms. The van der Waals surface area contributed by atoms with Gasteiger partial charge < -0.3 is 10.1 Å². The zero-order valence-corrected chi connectivity index (χ0v) is 19.1. The molecule has 2 amide bonds. The molecule has 0 radical (unpaired) electrons. The highest BCUT2D eigenvalue weighted by Crippen LogP contribution is 2.30. The first-order valence-electron chi connectivity index (χ1n) is 10.3. The normalized spacial score (nSPS) is 13.3. The van der Waals surface area contributed by atoms with Crippen LogP contribution in [0.3, 0.4) is 0 Å². The first kappa shape index (κ1) is 22.9. The molecule has 0 saturated heterocycles. The van der Waals surface area contributed by atoms with Crippen molar-refractivity contribution >= 4 is 46.5 Å². The lowest BCUT2D eigenvalue weighted by atomic mass is 10.1. The Hall–Kier alpha value is -4.23. The Morgan fingerprint density at radius 3 is 2.00 bits per heavy atom. The van der Waals surface area contributed by atoms with Crippen molar-refractivity contribution in [2.24, 2.45) is 0 Å². The number of esters is 1. The van der Waals surface area contributed by atoms with E-state index in [0.717, 1.165) is 10.5 Å². The number of halogens is 1. The molecule has 0 fully saturated rings. The molecule has 1 aliphatic heterocycles. The first-order valence-corrected chi connectivity index (χ1v) is 10.7. The van der Waals surface area contributed by atoms with E-state index in [1.54, 1.807) is 60.7 Å². The Balaban J connectivity index is 1.45. The van der Waals surface area contributed by atoms with Crippen molar-refractivity contribution in [1.82, 2.24) is 0 Å². The van der Waals surface area contributed by atoms with Crippen molar-refractivity contribution < 1.29 is 23.9 Å². The quantitative estimate of drug-likeness (QED) is 0.237. The number of nitrogens with zero attached hydrogens (tertiary/aromatic N) is 1. The third-order valence-corrected chi connectivity index (χ3v) is 5.53. The molecule has 0 bridgehead atoms. The number of amides is 2. The monoisotopic (exact) mass is 474 g/mol. The Labute approximate surface area is 200 Å².